The summed E-state index contributed by atoms with van der Waals surface area (Å²) in [4.78, 5) is 41.8. The molecule has 3 aliphatic heterocycles. The van der Waals surface area contributed by atoms with Crippen LogP contribution in [0.4, 0.5) is 5.69 Å². The van der Waals surface area contributed by atoms with Gasteiger partial charge in [0.05, 0.1) is 18.1 Å². The van der Waals surface area contributed by atoms with Gasteiger partial charge in [0.1, 0.15) is 5.75 Å². The van der Waals surface area contributed by atoms with Crippen LogP contribution in [0.3, 0.4) is 0 Å². The number of aromatic nitrogens is 1. The van der Waals surface area contributed by atoms with Gasteiger partial charge in [-0.25, -0.2) is 0 Å². The number of amides is 2. The van der Waals surface area contributed by atoms with Gasteiger partial charge in [-0.05, 0) is 36.6 Å². The zero-order chi connectivity index (χ0) is 21.7. The first kappa shape index (κ1) is 20.1. The second-order valence-electron chi connectivity index (χ2n) is 8.67. The van der Waals surface area contributed by atoms with Crippen LogP contribution in [0.2, 0.25) is 5.02 Å². The number of benzene rings is 1. The molecule has 2 bridgehead atoms. The monoisotopic (exact) mass is 441 g/mol. The standard InChI is InChI=1S/C23H24ClN3O4/c1-31-20-6-5-17(9-18(20)24)26-13-16(8-22(26)29)23(30)25-10-14-7-15(12-25)19-3-2-4-21(28)27(19)11-14/h2-6,9,14-16H,7-8,10-13H2,1H3/t14-,15+,16?/m1/s1. The van der Waals surface area contributed by atoms with Crippen molar-refractivity contribution >= 4 is 29.1 Å². The Morgan fingerprint density at radius 2 is 1.94 bits per heavy atom. The van der Waals surface area contributed by atoms with Crippen LogP contribution in [-0.4, -0.2) is 48.0 Å². The minimum absolute atomic E-state index is 0.0249. The van der Waals surface area contributed by atoms with Crippen LogP contribution in [0.25, 0.3) is 0 Å². The van der Waals surface area contributed by atoms with Crippen molar-refractivity contribution in [2.24, 2.45) is 11.8 Å². The quantitative estimate of drug-likeness (QED) is 0.733. The number of methoxy groups -OCH3 is 1. The maximum absolute atomic E-state index is 13.3. The molecule has 0 aliphatic carbocycles. The number of hydrogen-bond acceptors (Lipinski definition) is 4. The van der Waals surface area contributed by atoms with Crippen molar-refractivity contribution in [3.63, 3.8) is 0 Å². The van der Waals surface area contributed by atoms with E-state index in [0.29, 0.717) is 42.6 Å². The zero-order valence-electron chi connectivity index (χ0n) is 17.3. The summed E-state index contributed by atoms with van der Waals surface area (Å²) < 4.78 is 7.04. The van der Waals surface area contributed by atoms with E-state index in [0.717, 1.165) is 12.1 Å². The van der Waals surface area contributed by atoms with Crippen LogP contribution in [0.5, 0.6) is 5.75 Å². The number of carbonyl (C=O) groups excluding carboxylic acids is 2. The molecule has 3 aliphatic rings. The highest BCUT2D eigenvalue weighted by Crippen LogP contribution is 2.37. The van der Waals surface area contributed by atoms with Crippen LogP contribution in [0.15, 0.2) is 41.2 Å². The lowest BCUT2D eigenvalue weighted by molar-refractivity contribution is -0.138. The number of hydrogen-bond donors (Lipinski definition) is 0. The third-order valence-electron chi connectivity index (χ3n) is 6.71. The van der Waals surface area contributed by atoms with Crippen molar-refractivity contribution in [1.29, 1.82) is 0 Å². The van der Waals surface area contributed by atoms with Crippen molar-refractivity contribution in [1.82, 2.24) is 9.47 Å². The molecule has 2 fully saturated rings. The van der Waals surface area contributed by atoms with Crippen molar-refractivity contribution in [2.45, 2.75) is 25.3 Å². The molecular formula is C23H24ClN3O4. The lowest BCUT2D eigenvalue weighted by Crippen LogP contribution is -2.50. The molecule has 31 heavy (non-hydrogen) atoms. The maximum atomic E-state index is 13.3. The van der Waals surface area contributed by atoms with E-state index in [9.17, 15) is 14.4 Å². The Morgan fingerprint density at radius 3 is 2.71 bits per heavy atom. The van der Waals surface area contributed by atoms with Crippen LogP contribution in [0.1, 0.15) is 24.5 Å². The van der Waals surface area contributed by atoms with Gasteiger partial charge in [-0.1, -0.05) is 17.7 Å². The largest absolute Gasteiger partial charge is 0.495 e. The average molecular weight is 442 g/mol. The van der Waals surface area contributed by atoms with Crippen LogP contribution in [-0.2, 0) is 16.1 Å². The van der Waals surface area contributed by atoms with Gasteiger partial charge in [0.2, 0.25) is 11.8 Å². The molecule has 2 aromatic rings. The highest BCUT2D eigenvalue weighted by atomic mass is 35.5. The number of carbonyl (C=O) groups is 2. The van der Waals surface area contributed by atoms with E-state index in [-0.39, 0.29) is 41.5 Å². The Morgan fingerprint density at radius 1 is 1.10 bits per heavy atom. The molecule has 1 unspecified atom stereocenters. The third-order valence-corrected chi connectivity index (χ3v) is 7.01. The molecule has 2 saturated heterocycles. The summed E-state index contributed by atoms with van der Waals surface area (Å²) in [6.45, 7) is 2.23. The van der Waals surface area contributed by atoms with Gasteiger partial charge in [0, 0.05) is 56.0 Å². The first-order chi connectivity index (χ1) is 14.9. The summed E-state index contributed by atoms with van der Waals surface area (Å²) in [5.74, 6) is 0.558. The molecule has 1 aromatic heterocycles. The number of pyridine rings is 1. The SMILES string of the molecule is COc1ccc(N2CC(C(=O)N3C[C@H]4C[C@@H](C3)c3cccc(=O)n3C4)CC2=O)cc1Cl. The van der Waals surface area contributed by atoms with Gasteiger partial charge in [0.15, 0.2) is 0 Å². The zero-order valence-corrected chi connectivity index (χ0v) is 18.0. The molecule has 162 valence electrons. The molecule has 8 heteroatoms. The minimum atomic E-state index is -0.370. The van der Waals surface area contributed by atoms with Crippen molar-refractivity contribution in [3.8, 4) is 5.75 Å². The van der Waals surface area contributed by atoms with E-state index < -0.39 is 0 Å². The summed E-state index contributed by atoms with van der Waals surface area (Å²) in [7, 11) is 1.54. The van der Waals surface area contributed by atoms with Crippen molar-refractivity contribution in [3.05, 3.63) is 57.5 Å². The first-order valence-corrected chi connectivity index (χ1v) is 10.9. The van der Waals surface area contributed by atoms with Crippen LogP contribution < -0.4 is 15.2 Å². The second kappa shape index (κ2) is 7.71. The fourth-order valence-electron chi connectivity index (χ4n) is 5.28. The molecule has 0 saturated carbocycles. The van der Waals surface area contributed by atoms with E-state index in [1.54, 1.807) is 42.3 Å². The smallest absolute Gasteiger partial charge is 0.250 e. The van der Waals surface area contributed by atoms with E-state index in [4.69, 9.17) is 16.3 Å². The molecule has 7 nitrogen and oxygen atoms in total. The molecular weight excluding hydrogens is 418 g/mol. The van der Waals surface area contributed by atoms with Gasteiger partial charge in [-0.15, -0.1) is 0 Å². The highest BCUT2D eigenvalue weighted by molar-refractivity contribution is 6.32. The number of rotatable bonds is 3. The molecule has 5 rings (SSSR count). The van der Waals surface area contributed by atoms with Crippen LogP contribution >= 0.6 is 11.6 Å². The molecule has 2 amide bonds. The maximum Gasteiger partial charge on any atom is 0.250 e. The Kier molecular flexibility index (Phi) is 5.01. The number of fused-ring (bicyclic) bond motifs is 4. The van der Waals surface area contributed by atoms with Gasteiger partial charge in [0.25, 0.3) is 5.56 Å². The van der Waals surface area contributed by atoms with Crippen molar-refractivity contribution in [2.75, 3.05) is 31.6 Å². The lowest BCUT2D eigenvalue weighted by atomic mass is 9.82. The number of likely N-dealkylation sites (tertiary alicyclic amines) is 1. The highest BCUT2D eigenvalue weighted by Gasteiger charge is 2.41. The van der Waals surface area contributed by atoms with Gasteiger partial charge in [-0.2, -0.15) is 0 Å². The molecule has 0 N–H and O–H groups in total. The Balaban J connectivity index is 1.32. The number of piperidine rings is 1. The topological polar surface area (TPSA) is 71.8 Å². The average Bonchev–Trinajstić information content (AvgIpc) is 3.15. The third kappa shape index (κ3) is 3.51. The summed E-state index contributed by atoms with van der Waals surface area (Å²) in [6, 6.07) is 10.6. The van der Waals surface area contributed by atoms with E-state index in [1.165, 1.54) is 0 Å². The molecule has 3 atom stereocenters. The number of ether oxygens (including phenoxy) is 1. The number of anilines is 1. The van der Waals surface area contributed by atoms with Crippen molar-refractivity contribution < 1.29 is 14.3 Å². The molecule has 0 spiro atoms. The molecule has 4 heterocycles. The number of nitrogens with zero attached hydrogens (tertiary/aromatic N) is 3. The second-order valence-corrected chi connectivity index (χ2v) is 9.07. The Bertz CT molecular complexity index is 1110. The van der Waals surface area contributed by atoms with Gasteiger partial charge in [-0.3, -0.25) is 14.4 Å². The fourth-order valence-corrected chi connectivity index (χ4v) is 5.53. The van der Waals surface area contributed by atoms with E-state index in [1.807, 2.05) is 15.5 Å². The first-order valence-electron chi connectivity index (χ1n) is 10.6. The van der Waals surface area contributed by atoms with Gasteiger partial charge >= 0.3 is 0 Å². The molecule has 1 aromatic carbocycles. The summed E-state index contributed by atoms with van der Waals surface area (Å²) in [5, 5.41) is 0.431. The Labute approximate surface area is 185 Å². The minimum Gasteiger partial charge on any atom is -0.495 e. The predicted octanol–water partition coefficient (Wildman–Crippen LogP) is 2.51. The van der Waals surface area contributed by atoms with E-state index >= 15 is 0 Å². The summed E-state index contributed by atoms with van der Waals surface area (Å²) in [5.41, 5.74) is 1.72. The normalized spacial score (nSPS) is 24.8. The molecule has 0 radical (unpaired) electrons. The number of halogens is 1. The fraction of sp³-hybridized carbons (Fsp3) is 0.435. The van der Waals surface area contributed by atoms with Gasteiger partial charge < -0.3 is 19.1 Å². The summed E-state index contributed by atoms with van der Waals surface area (Å²) in [6.07, 6.45) is 1.19. The predicted molar refractivity (Wildman–Crippen MR) is 117 cm³/mol. The lowest BCUT2D eigenvalue weighted by Gasteiger charge is -2.43. The van der Waals surface area contributed by atoms with Crippen LogP contribution in [0, 0.1) is 11.8 Å². The summed E-state index contributed by atoms with van der Waals surface area (Å²) >= 11 is 6.22. The Hall–Kier alpha value is -2.80. The van der Waals surface area contributed by atoms with E-state index in [2.05, 4.69) is 0 Å².